The normalized spacial score (nSPS) is 15.5. The number of benzene rings is 3. The molecule has 4 rings (SSSR count). The molecule has 0 N–H and O–H groups in total. The van der Waals surface area contributed by atoms with Gasteiger partial charge in [0, 0.05) is 17.3 Å². The highest BCUT2D eigenvalue weighted by Gasteiger charge is 2.29. The predicted molar refractivity (Wildman–Crippen MR) is 119 cm³/mol. The first-order valence-corrected chi connectivity index (χ1v) is 10.1. The van der Waals surface area contributed by atoms with Gasteiger partial charge in [-0.15, -0.1) is 0 Å². The van der Waals surface area contributed by atoms with Gasteiger partial charge in [0.1, 0.15) is 18.1 Å². The Labute approximate surface area is 177 Å². The first kappa shape index (κ1) is 19.4. The van der Waals surface area contributed by atoms with E-state index in [0.717, 1.165) is 35.7 Å². The van der Waals surface area contributed by atoms with Crippen LogP contribution in [-0.2, 0) is 6.42 Å². The smallest absolute Gasteiger partial charge is 0.119 e. The van der Waals surface area contributed by atoms with E-state index in [1.807, 2.05) is 42.5 Å². The molecule has 1 unspecified atom stereocenters. The molecule has 1 aliphatic rings. The summed E-state index contributed by atoms with van der Waals surface area (Å²) in [7, 11) is 1.66. The van der Waals surface area contributed by atoms with Crippen LogP contribution in [0.5, 0.6) is 11.5 Å². The summed E-state index contributed by atoms with van der Waals surface area (Å²) in [5.74, 6) is 1.64. The van der Waals surface area contributed by atoms with Crippen molar-refractivity contribution in [3.8, 4) is 11.5 Å². The minimum Gasteiger partial charge on any atom is -0.497 e. The molecule has 0 spiro atoms. The lowest BCUT2D eigenvalue weighted by Crippen LogP contribution is -2.37. The van der Waals surface area contributed by atoms with Crippen LogP contribution in [0.15, 0.2) is 79.4 Å². The number of fused-ring (bicyclic) bond motifs is 1. The minimum atomic E-state index is 0.0773. The zero-order valence-corrected chi connectivity index (χ0v) is 17.2. The summed E-state index contributed by atoms with van der Waals surface area (Å²) in [5, 5.41) is 0.715. The number of methoxy groups -OCH3 is 1. The summed E-state index contributed by atoms with van der Waals surface area (Å²) in [4.78, 5) is 2.33. The quantitative estimate of drug-likeness (QED) is 0.502. The van der Waals surface area contributed by atoms with E-state index in [4.69, 9.17) is 21.1 Å². The first-order chi connectivity index (χ1) is 14.2. The summed E-state index contributed by atoms with van der Waals surface area (Å²) in [6, 6.07) is 24.2. The van der Waals surface area contributed by atoms with E-state index in [1.54, 1.807) is 7.11 Å². The van der Waals surface area contributed by atoms with E-state index in [1.165, 1.54) is 11.1 Å². The highest BCUT2D eigenvalue weighted by atomic mass is 35.5. The van der Waals surface area contributed by atoms with Gasteiger partial charge in [-0.3, -0.25) is 0 Å². The predicted octanol–water partition coefficient (Wildman–Crippen LogP) is 6.00. The van der Waals surface area contributed by atoms with Crippen LogP contribution in [0, 0.1) is 0 Å². The first-order valence-electron chi connectivity index (χ1n) is 9.72. The zero-order valence-electron chi connectivity index (χ0n) is 16.5. The van der Waals surface area contributed by atoms with Crippen LogP contribution >= 0.6 is 11.6 Å². The van der Waals surface area contributed by atoms with Crippen molar-refractivity contribution in [2.45, 2.75) is 12.5 Å². The van der Waals surface area contributed by atoms with Crippen molar-refractivity contribution in [2.24, 2.45) is 0 Å². The molecule has 0 saturated heterocycles. The Kier molecular flexibility index (Phi) is 5.77. The van der Waals surface area contributed by atoms with Gasteiger partial charge in [-0.05, 0) is 59.5 Å². The van der Waals surface area contributed by atoms with Crippen molar-refractivity contribution in [3.63, 3.8) is 0 Å². The second kappa shape index (κ2) is 8.62. The maximum atomic E-state index is 6.22. The highest BCUT2D eigenvalue weighted by Crippen LogP contribution is 2.36. The average Bonchev–Trinajstić information content (AvgIpc) is 2.77. The van der Waals surface area contributed by atoms with Crippen molar-refractivity contribution >= 4 is 17.3 Å². The lowest BCUT2D eigenvalue weighted by Gasteiger charge is -2.40. The van der Waals surface area contributed by atoms with Crippen LogP contribution in [0.2, 0.25) is 5.02 Å². The summed E-state index contributed by atoms with van der Waals surface area (Å²) in [6.07, 6.45) is 0.981. The van der Waals surface area contributed by atoms with Gasteiger partial charge in [0.25, 0.3) is 0 Å². The molecule has 3 aromatic carbocycles. The number of hydrogen-bond donors (Lipinski definition) is 0. The second-order valence-electron chi connectivity index (χ2n) is 7.10. The van der Waals surface area contributed by atoms with Crippen LogP contribution in [0.3, 0.4) is 0 Å². The van der Waals surface area contributed by atoms with E-state index in [0.29, 0.717) is 11.6 Å². The zero-order chi connectivity index (χ0) is 20.2. The summed E-state index contributed by atoms with van der Waals surface area (Å²) >= 11 is 6.22. The molecule has 4 heteroatoms. The minimum absolute atomic E-state index is 0.0773. The number of nitrogens with zero attached hydrogens (tertiary/aromatic N) is 1. The molecule has 3 aromatic rings. The Morgan fingerprint density at radius 3 is 2.55 bits per heavy atom. The topological polar surface area (TPSA) is 21.7 Å². The second-order valence-corrected chi connectivity index (χ2v) is 7.54. The maximum Gasteiger partial charge on any atom is 0.119 e. The average molecular weight is 406 g/mol. The van der Waals surface area contributed by atoms with Crippen LogP contribution in [0.25, 0.3) is 5.70 Å². The van der Waals surface area contributed by atoms with Crippen LogP contribution in [-0.4, -0.2) is 25.2 Å². The Balaban J connectivity index is 1.60. The standard InChI is InChI=1S/C25H24ClNO2/c1-18(20-7-5-8-21(26)16-20)27-15-14-19-6-3-4-9-24(19)25(27)17-29-23-12-10-22(28-2)11-13-23/h3-13,16,25H,1,14-15,17H2,2H3. The Hall–Kier alpha value is -2.91. The third-order valence-corrected chi connectivity index (χ3v) is 5.62. The number of hydrogen-bond acceptors (Lipinski definition) is 3. The van der Waals surface area contributed by atoms with Gasteiger partial charge in [0.2, 0.25) is 0 Å². The largest absolute Gasteiger partial charge is 0.497 e. The van der Waals surface area contributed by atoms with E-state index >= 15 is 0 Å². The monoisotopic (exact) mass is 405 g/mol. The fourth-order valence-corrected chi connectivity index (χ4v) is 4.03. The van der Waals surface area contributed by atoms with Gasteiger partial charge in [-0.25, -0.2) is 0 Å². The summed E-state index contributed by atoms with van der Waals surface area (Å²) in [6.45, 7) is 5.80. The molecule has 1 heterocycles. The molecule has 0 bridgehead atoms. The maximum absolute atomic E-state index is 6.22. The Morgan fingerprint density at radius 2 is 1.79 bits per heavy atom. The molecule has 0 aromatic heterocycles. The fraction of sp³-hybridized carbons (Fsp3) is 0.200. The molecular weight excluding hydrogens is 382 g/mol. The fourth-order valence-electron chi connectivity index (χ4n) is 3.84. The van der Waals surface area contributed by atoms with Gasteiger partial charge < -0.3 is 14.4 Å². The Bertz CT molecular complexity index is 1000. The third-order valence-electron chi connectivity index (χ3n) is 5.38. The van der Waals surface area contributed by atoms with Gasteiger partial charge in [-0.1, -0.05) is 54.6 Å². The molecule has 0 saturated carbocycles. The molecule has 0 radical (unpaired) electrons. The Morgan fingerprint density at radius 1 is 1.03 bits per heavy atom. The van der Waals surface area contributed by atoms with Crippen molar-refractivity contribution in [1.82, 2.24) is 4.90 Å². The molecule has 148 valence electrons. The molecule has 1 atom stereocenters. The molecule has 1 aliphatic heterocycles. The molecular formula is C25H24ClNO2. The molecule has 0 amide bonds. The molecule has 3 nitrogen and oxygen atoms in total. The molecule has 29 heavy (non-hydrogen) atoms. The van der Waals surface area contributed by atoms with E-state index in [-0.39, 0.29) is 6.04 Å². The molecule has 0 fully saturated rings. The number of ether oxygens (including phenoxy) is 2. The van der Waals surface area contributed by atoms with Crippen molar-refractivity contribution in [1.29, 1.82) is 0 Å². The van der Waals surface area contributed by atoms with Gasteiger partial charge in [0.05, 0.1) is 13.2 Å². The van der Waals surface area contributed by atoms with Gasteiger partial charge >= 0.3 is 0 Å². The number of rotatable bonds is 6. The van der Waals surface area contributed by atoms with Crippen molar-refractivity contribution < 1.29 is 9.47 Å². The van der Waals surface area contributed by atoms with Crippen LogP contribution in [0.4, 0.5) is 0 Å². The summed E-state index contributed by atoms with van der Waals surface area (Å²) in [5.41, 5.74) is 4.65. The lowest BCUT2D eigenvalue weighted by atomic mass is 9.92. The summed E-state index contributed by atoms with van der Waals surface area (Å²) < 4.78 is 11.4. The van der Waals surface area contributed by atoms with Gasteiger partial charge in [0.15, 0.2) is 0 Å². The van der Waals surface area contributed by atoms with E-state index < -0.39 is 0 Å². The highest BCUT2D eigenvalue weighted by molar-refractivity contribution is 6.30. The van der Waals surface area contributed by atoms with E-state index in [2.05, 4.69) is 41.8 Å². The van der Waals surface area contributed by atoms with Crippen LogP contribution in [0.1, 0.15) is 22.7 Å². The van der Waals surface area contributed by atoms with Crippen molar-refractivity contribution in [3.05, 3.63) is 101 Å². The third kappa shape index (κ3) is 4.25. The molecule has 0 aliphatic carbocycles. The number of halogens is 1. The van der Waals surface area contributed by atoms with Gasteiger partial charge in [-0.2, -0.15) is 0 Å². The SMILES string of the molecule is C=C(c1cccc(Cl)c1)N1CCc2ccccc2C1COc1ccc(OC)cc1. The van der Waals surface area contributed by atoms with E-state index in [9.17, 15) is 0 Å². The van der Waals surface area contributed by atoms with Crippen LogP contribution < -0.4 is 9.47 Å². The van der Waals surface area contributed by atoms with Crippen molar-refractivity contribution in [2.75, 3.05) is 20.3 Å². The lowest BCUT2D eigenvalue weighted by molar-refractivity contribution is 0.181.